The van der Waals surface area contributed by atoms with Crippen LogP contribution in [-0.2, 0) is 22.4 Å². The third kappa shape index (κ3) is 3.10. The van der Waals surface area contributed by atoms with Crippen LogP contribution in [0.2, 0.25) is 0 Å². The molecule has 7 heteroatoms. The third-order valence-electron chi connectivity index (χ3n) is 4.86. The molecule has 2 aliphatic heterocycles. The number of carbonyl (C=O) groups excluding carboxylic acids is 2. The fourth-order valence-corrected chi connectivity index (χ4v) is 3.35. The standard InChI is InChI=1S/C19H20N2O5/c1-24-19(23)13-4-2-12(3-5-13)18(22)21-8-6-16-15(10-21)20-17(26-16)14-7-9-25-11-14/h2-5,14H,6-11H2,1H3. The van der Waals surface area contributed by atoms with Crippen LogP contribution in [0.25, 0.3) is 0 Å². The molecule has 0 saturated carbocycles. The van der Waals surface area contributed by atoms with Crippen molar-refractivity contribution in [2.45, 2.75) is 25.3 Å². The quantitative estimate of drug-likeness (QED) is 0.784. The predicted molar refractivity (Wildman–Crippen MR) is 90.9 cm³/mol. The summed E-state index contributed by atoms with van der Waals surface area (Å²) in [4.78, 5) is 30.6. The number of carbonyl (C=O) groups is 2. The van der Waals surface area contributed by atoms with E-state index < -0.39 is 5.97 Å². The van der Waals surface area contributed by atoms with Crippen molar-refractivity contribution in [1.29, 1.82) is 0 Å². The fourth-order valence-electron chi connectivity index (χ4n) is 3.35. The van der Waals surface area contributed by atoms with Gasteiger partial charge in [0.2, 0.25) is 0 Å². The highest BCUT2D eigenvalue weighted by atomic mass is 16.5. The van der Waals surface area contributed by atoms with Crippen LogP contribution in [0.4, 0.5) is 0 Å². The molecule has 136 valence electrons. The molecule has 1 amide bonds. The molecule has 1 atom stereocenters. The fraction of sp³-hybridized carbons (Fsp3) is 0.421. The third-order valence-corrected chi connectivity index (χ3v) is 4.86. The molecule has 0 radical (unpaired) electrons. The van der Waals surface area contributed by atoms with Gasteiger partial charge in [-0.05, 0) is 30.7 Å². The predicted octanol–water partition coefficient (Wildman–Crippen LogP) is 2.16. The summed E-state index contributed by atoms with van der Waals surface area (Å²) in [7, 11) is 1.33. The number of aromatic nitrogens is 1. The topological polar surface area (TPSA) is 81.9 Å². The molecule has 2 aliphatic rings. The number of hydrogen-bond acceptors (Lipinski definition) is 6. The van der Waals surface area contributed by atoms with E-state index >= 15 is 0 Å². The van der Waals surface area contributed by atoms with Crippen LogP contribution in [0.15, 0.2) is 28.7 Å². The molecule has 1 fully saturated rings. The van der Waals surface area contributed by atoms with E-state index in [1.165, 1.54) is 7.11 Å². The van der Waals surface area contributed by atoms with E-state index in [1.807, 2.05) is 0 Å². The van der Waals surface area contributed by atoms with Crippen LogP contribution in [-0.4, -0.2) is 48.6 Å². The van der Waals surface area contributed by atoms with Crippen LogP contribution >= 0.6 is 0 Å². The number of nitrogens with zero attached hydrogens (tertiary/aromatic N) is 2. The summed E-state index contributed by atoms with van der Waals surface area (Å²) in [6.45, 7) is 2.41. The summed E-state index contributed by atoms with van der Waals surface area (Å²) < 4.78 is 16.0. The zero-order valence-corrected chi connectivity index (χ0v) is 14.6. The number of oxazole rings is 1. The van der Waals surface area contributed by atoms with Crippen molar-refractivity contribution in [3.8, 4) is 0 Å². The van der Waals surface area contributed by atoms with Gasteiger partial charge < -0.3 is 18.8 Å². The molecule has 0 spiro atoms. The lowest BCUT2D eigenvalue weighted by atomic mass is 10.1. The average Bonchev–Trinajstić information content (AvgIpc) is 3.35. The molecular weight excluding hydrogens is 336 g/mol. The molecule has 1 unspecified atom stereocenters. The van der Waals surface area contributed by atoms with E-state index in [1.54, 1.807) is 29.2 Å². The minimum atomic E-state index is -0.419. The molecule has 2 aromatic rings. The maximum Gasteiger partial charge on any atom is 0.337 e. The Morgan fingerprint density at radius 1 is 1.23 bits per heavy atom. The van der Waals surface area contributed by atoms with E-state index in [2.05, 4.69) is 9.72 Å². The van der Waals surface area contributed by atoms with Crippen LogP contribution in [0.1, 0.15) is 50.4 Å². The Balaban J connectivity index is 1.47. The van der Waals surface area contributed by atoms with Gasteiger partial charge in [-0.2, -0.15) is 0 Å². The Morgan fingerprint density at radius 2 is 2.00 bits per heavy atom. The van der Waals surface area contributed by atoms with Gasteiger partial charge in [0.05, 0.1) is 31.7 Å². The summed E-state index contributed by atoms with van der Waals surface area (Å²) >= 11 is 0. The highest BCUT2D eigenvalue weighted by Gasteiger charge is 2.29. The summed E-state index contributed by atoms with van der Waals surface area (Å²) in [6.07, 6.45) is 1.58. The van der Waals surface area contributed by atoms with Crippen molar-refractivity contribution in [1.82, 2.24) is 9.88 Å². The second-order valence-corrected chi connectivity index (χ2v) is 6.53. The van der Waals surface area contributed by atoms with Crippen molar-refractivity contribution in [3.05, 3.63) is 52.7 Å². The number of ether oxygens (including phenoxy) is 2. The van der Waals surface area contributed by atoms with Crippen LogP contribution in [0.3, 0.4) is 0 Å². The first-order valence-corrected chi connectivity index (χ1v) is 8.69. The van der Waals surface area contributed by atoms with Gasteiger partial charge in [0, 0.05) is 25.1 Å². The first-order valence-electron chi connectivity index (χ1n) is 8.69. The molecule has 1 aromatic carbocycles. The van der Waals surface area contributed by atoms with Crippen LogP contribution in [0.5, 0.6) is 0 Å². The van der Waals surface area contributed by atoms with E-state index in [0.717, 1.165) is 30.4 Å². The molecule has 0 N–H and O–H groups in total. The normalized spacial score (nSPS) is 19.3. The van der Waals surface area contributed by atoms with E-state index in [0.29, 0.717) is 37.2 Å². The van der Waals surface area contributed by atoms with E-state index in [-0.39, 0.29) is 11.8 Å². The lowest BCUT2D eigenvalue weighted by Crippen LogP contribution is -2.35. The van der Waals surface area contributed by atoms with E-state index in [9.17, 15) is 9.59 Å². The molecule has 1 aromatic heterocycles. The molecule has 0 aliphatic carbocycles. The van der Waals surface area contributed by atoms with Gasteiger partial charge in [0.25, 0.3) is 5.91 Å². The first kappa shape index (κ1) is 16.8. The summed E-state index contributed by atoms with van der Waals surface area (Å²) in [5, 5.41) is 0. The number of esters is 1. The van der Waals surface area contributed by atoms with Crippen LogP contribution < -0.4 is 0 Å². The van der Waals surface area contributed by atoms with Crippen LogP contribution in [0, 0.1) is 0 Å². The van der Waals surface area contributed by atoms with Crippen molar-refractivity contribution in [2.24, 2.45) is 0 Å². The Hall–Kier alpha value is -2.67. The molecule has 3 heterocycles. The zero-order valence-electron chi connectivity index (χ0n) is 14.6. The maximum absolute atomic E-state index is 12.8. The van der Waals surface area contributed by atoms with Crippen molar-refractivity contribution >= 4 is 11.9 Å². The molecule has 4 rings (SSSR count). The summed E-state index contributed by atoms with van der Waals surface area (Å²) in [5.74, 6) is 1.32. The number of hydrogen-bond donors (Lipinski definition) is 0. The largest absolute Gasteiger partial charge is 0.465 e. The minimum Gasteiger partial charge on any atom is -0.465 e. The second-order valence-electron chi connectivity index (χ2n) is 6.53. The van der Waals surface area contributed by atoms with Crippen molar-refractivity contribution in [3.63, 3.8) is 0 Å². The van der Waals surface area contributed by atoms with E-state index in [4.69, 9.17) is 9.15 Å². The number of benzene rings is 1. The maximum atomic E-state index is 12.8. The molecule has 0 bridgehead atoms. The number of rotatable bonds is 3. The van der Waals surface area contributed by atoms with Gasteiger partial charge in [0.1, 0.15) is 11.5 Å². The average molecular weight is 356 g/mol. The van der Waals surface area contributed by atoms with Crippen molar-refractivity contribution < 1.29 is 23.5 Å². The van der Waals surface area contributed by atoms with Gasteiger partial charge in [-0.1, -0.05) is 0 Å². The van der Waals surface area contributed by atoms with Gasteiger partial charge >= 0.3 is 5.97 Å². The van der Waals surface area contributed by atoms with Crippen molar-refractivity contribution in [2.75, 3.05) is 26.9 Å². The Morgan fingerprint density at radius 3 is 2.69 bits per heavy atom. The lowest BCUT2D eigenvalue weighted by molar-refractivity contribution is 0.0599. The highest BCUT2D eigenvalue weighted by molar-refractivity contribution is 5.96. The minimum absolute atomic E-state index is 0.0826. The van der Waals surface area contributed by atoms with Gasteiger partial charge in [0.15, 0.2) is 5.89 Å². The van der Waals surface area contributed by atoms with Gasteiger partial charge in [-0.3, -0.25) is 4.79 Å². The monoisotopic (exact) mass is 356 g/mol. The number of fused-ring (bicyclic) bond motifs is 1. The van der Waals surface area contributed by atoms with Gasteiger partial charge in [-0.15, -0.1) is 0 Å². The molecule has 26 heavy (non-hydrogen) atoms. The second kappa shape index (κ2) is 6.92. The summed E-state index contributed by atoms with van der Waals surface area (Å²) in [5.41, 5.74) is 1.79. The van der Waals surface area contributed by atoms with Gasteiger partial charge in [-0.25, -0.2) is 9.78 Å². The summed E-state index contributed by atoms with van der Waals surface area (Å²) in [6, 6.07) is 6.49. The number of methoxy groups -OCH3 is 1. The molecule has 1 saturated heterocycles. The molecular formula is C19H20N2O5. The Kier molecular flexibility index (Phi) is 4.46. The first-order chi connectivity index (χ1) is 12.7. The SMILES string of the molecule is COC(=O)c1ccc(C(=O)N2CCc3oc(C4CCOC4)nc3C2)cc1. The Labute approximate surface area is 150 Å². The smallest absolute Gasteiger partial charge is 0.337 e. The highest BCUT2D eigenvalue weighted by Crippen LogP contribution is 2.29. The zero-order chi connectivity index (χ0) is 18.1. The molecule has 7 nitrogen and oxygen atoms in total. The lowest BCUT2D eigenvalue weighted by Gasteiger charge is -2.25. The Bertz CT molecular complexity index is 821. The number of amides is 1.